The van der Waals surface area contributed by atoms with E-state index in [2.05, 4.69) is 44.4 Å². The van der Waals surface area contributed by atoms with E-state index >= 15 is 0 Å². The zero-order valence-electron chi connectivity index (χ0n) is 12.7. The zero-order valence-corrected chi connectivity index (χ0v) is 13.6. The molecule has 2 aliphatic heterocycles. The lowest BCUT2D eigenvalue weighted by molar-refractivity contribution is -0.0921. The third-order valence-corrected chi connectivity index (χ3v) is 5.75. The van der Waals surface area contributed by atoms with Crippen LogP contribution in [0.25, 0.3) is 0 Å². The Kier molecular flexibility index (Phi) is 4.07. The van der Waals surface area contributed by atoms with Crippen molar-refractivity contribution >= 4 is 12.6 Å². The van der Waals surface area contributed by atoms with Crippen molar-refractivity contribution in [1.82, 2.24) is 9.80 Å². The number of rotatable bonds is 2. The second-order valence-electron chi connectivity index (χ2n) is 7.72. The lowest BCUT2D eigenvalue weighted by Crippen LogP contribution is -2.65. The number of likely N-dealkylation sites (tertiary alicyclic amines) is 2. The van der Waals surface area contributed by atoms with Crippen molar-refractivity contribution < 1.29 is 0 Å². The summed E-state index contributed by atoms with van der Waals surface area (Å²) in [6.45, 7) is 16.6. The van der Waals surface area contributed by atoms with Crippen molar-refractivity contribution in [3.8, 4) is 0 Å². The molecule has 1 atom stereocenters. The fourth-order valence-electron chi connectivity index (χ4n) is 3.24. The van der Waals surface area contributed by atoms with Crippen molar-refractivity contribution in [3.05, 3.63) is 0 Å². The molecule has 0 aromatic rings. The van der Waals surface area contributed by atoms with Crippen LogP contribution in [0.2, 0.25) is 0 Å². The fourth-order valence-corrected chi connectivity index (χ4v) is 3.47. The number of hydrogen-bond donors (Lipinski definition) is 1. The van der Waals surface area contributed by atoms with Crippen LogP contribution in [-0.2, 0) is 0 Å². The summed E-state index contributed by atoms with van der Waals surface area (Å²) >= 11 is 4.75. The maximum Gasteiger partial charge on any atom is 0.0550 e. The van der Waals surface area contributed by atoms with Gasteiger partial charge in [-0.15, -0.1) is 0 Å². The summed E-state index contributed by atoms with van der Waals surface area (Å²) in [6, 6.07) is 0. The van der Waals surface area contributed by atoms with E-state index in [0.717, 1.165) is 0 Å². The van der Waals surface area contributed by atoms with Gasteiger partial charge in [0.25, 0.3) is 0 Å². The molecule has 2 aliphatic rings. The Labute approximate surface area is 119 Å². The van der Waals surface area contributed by atoms with E-state index in [-0.39, 0.29) is 0 Å². The fraction of sp³-hybridized carbons (Fsp3) is 1.00. The molecule has 2 saturated heterocycles. The van der Waals surface area contributed by atoms with Gasteiger partial charge >= 0.3 is 0 Å². The minimum absolute atomic E-state index is 0.354. The van der Waals surface area contributed by atoms with Crippen LogP contribution in [0.1, 0.15) is 47.5 Å². The highest BCUT2D eigenvalue weighted by molar-refractivity contribution is 7.80. The van der Waals surface area contributed by atoms with Crippen LogP contribution in [-0.4, -0.2) is 46.9 Å². The predicted molar refractivity (Wildman–Crippen MR) is 82.2 cm³/mol. The molecular weight excluding hydrogens is 240 g/mol. The van der Waals surface area contributed by atoms with E-state index in [9.17, 15) is 0 Å². The highest BCUT2D eigenvalue weighted by Crippen LogP contribution is 2.44. The first-order chi connectivity index (χ1) is 8.23. The molecule has 2 nitrogen and oxygen atoms in total. The molecule has 18 heavy (non-hydrogen) atoms. The summed E-state index contributed by atoms with van der Waals surface area (Å²) < 4.78 is 0. The van der Waals surface area contributed by atoms with Gasteiger partial charge in [-0.3, -0.25) is 9.80 Å². The van der Waals surface area contributed by atoms with Crippen molar-refractivity contribution in [3.63, 3.8) is 0 Å². The van der Waals surface area contributed by atoms with Gasteiger partial charge in [0.1, 0.15) is 0 Å². The van der Waals surface area contributed by atoms with Crippen LogP contribution in [0.15, 0.2) is 0 Å². The van der Waals surface area contributed by atoms with Gasteiger partial charge in [-0.05, 0) is 58.0 Å². The van der Waals surface area contributed by atoms with Gasteiger partial charge in [0.05, 0.1) is 5.37 Å². The Bertz CT molecular complexity index is 279. The van der Waals surface area contributed by atoms with Gasteiger partial charge in [-0.25, -0.2) is 0 Å². The number of hydrogen-bond acceptors (Lipinski definition) is 3. The average molecular weight is 270 g/mol. The summed E-state index contributed by atoms with van der Waals surface area (Å²) in [5.74, 6) is 0.648. The molecule has 106 valence electrons. The van der Waals surface area contributed by atoms with Crippen LogP contribution < -0.4 is 0 Å². The SMILES string of the molecule is CC(C)C(S)N1CCC2(CC1)CN(C(C)(C)C)C2. The predicted octanol–water partition coefficient (Wildman–Crippen LogP) is 3.09. The third-order valence-electron chi connectivity index (χ3n) is 4.83. The van der Waals surface area contributed by atoms with Crippen LogP contribution in [0.4, 0.5) is 0 Å². The van der Waals surface area contributed by atoms with Gasteiger partial charge in [0.2, 0.25) is 0 Å². The van der Waals surface area contributed by atoms with E-state index in [1.54, 1.807) is 0 Å². The number of thiol groups is 1. The molecule has 0 N–H and O–H groups in total. The number of nitrogens with zero attached hydrogens (tertiary/aromatic N) is 2. The van der Waals surface area contributed by atoms with E-state index in [1.807, 2.05) is 0 Å². The van der Waals surface area contributed by atoms with Gasteiger partial charge in [-0.2, -0.15) is 12.6 Å². The Morgan fingerprint density at radius 1 is 1.06 bits per heavy atom. The molecule has 2 fully saturated rings. The molecule has 0 radical (unpaired) electrons. The maximum atomic E-state index is 4.75. The molecule has 3 heteroatoms. The highest BCUT2D eigenvalue weighted by Gasteiger charge is 2.48. The summed E-state index contributed by atoms with van der Waals surface area (Å²) in [4.78, 5) is 5.20. The summed E-state index contributed by atoms with van der Waals surface area (Å²) in [6.07, 6.45) is 2.73. The van der Waals surface area contributed by atoms with Crippen molar-refractivity contribution in [2.24, 2.45) is 11.3 Å². The quantitative estimate of drug-likeness (QED) is 0.770. The summed E-state index contributed by atoms with van der Waals surface area (Å²) in [5, 5.41) is 0.446. The second kappa shape index (κ2) is 4.99. The number of piperidine rings is 1. The molecule has 0 aromatic heterocycles. The van der Waals surface area contributed by atoms with Gasteiger partial charge in [0, 0.05) is 18.6 Å². The monoisotopic (exact) mass is 270 g/mol. The molecule has 2 rings (SSSR count). The Morgan fingerprint density at radius 3 is 1.94 bits per heavy atom. The van der Waals surface area contributed by atoms with Crippen molar-refractivity contribution in [1.29, 1.82) is 0 Å². The molecule has 0 aromatic carbocycles. The third kappa shape index (κ3) is 2.88. The Balaban J connectivity index is 1.82. The van der Waals surface area contributed by atoms with E-state index in [1.165, 1.54) is 39.0 Å². The van der Waals surface area contributed by atoms with Crippen LogP contribution in [0.5, 0.6) is 0 Å². The first-order valence-electron chi connectivity index (χ1n) is 7.41. The van der Waals surface area contributed by atoms with E-state index in [4.69, 9.17) is 12.6 Å². The van der Waals surface area contributed by atoms with Crippen LogP contribution >= 0.6 is 12.6 Å². The molecule has 0 aliphatic carbocycles. The standard InChI is InChI=1S/C15H30N2S/c1-12(2)13(18)16-8-6-15(7-9-16)10-17(11-15)14(3,4)5/h12-13,18H,6-11H2,1-5H3. The lowest BCUT2D eigenvalue weighted by atomic mass is 9.70. The van der Waals surface area contributed by atoms with Crippen molar-refractivity contribution in [2.45, 2.75) is 58.4 Å². The highest BCUT2D eigenvalue weighted by atomic mass is 32.1. The minimum Gasteiger partial charge on any atom is -0.297 e. The van der Waals surface area contributed by atoms with Crippen LogP contribution in [0.3, 0.4) is 0 Å². The summed E-state index contributed by atoms with van der Waals surface area (Å²) in [7, 11) is 0. The topological polar surface area (TPSA) is 6.48 Å². The smallest absolute Gasteiger partial charge is 0.0550 e. The molecule has 1 unspecified atom stereocenters. The van der Waals surface area contributed by atoms with E-state index < -0.39 is 0 Å². The molecule has 0 saturated carbocycles. The second-order valence-corrected chi connectivity index (χ2v) is 8.25. The largest absolute Gasteiger partial charge is 0.297 e. The van der Waals surface area contributed by atoms with Gasteiger partial charge in [0.15, 0.2) is 0 Å². The molecule has 2 heterocycles. The molecule has 1 spiro atoms. The Hall–Kier alpha value is 0.270. The summed E-state index contributed by atoms with van der Waals surface area (Å²) in [5.41, 5.74) is 0.987. The lowest BCUT2D eigenvalue weighted by Gasteiger charge is -2.59. The maximum absolute atomic E-state index is 4.75. The van der Waals surface area contributed by atoms with Gasteiger partial charge in [-0.1, -0.05) is 13.8 Å². The zero-order chi connectivity index (χ0) is 13.6. The van der Waals surface area contributed by atoms with Crippen molar-refractivity contribution in [2.75, 3.05) is 26.2 Å². The molecule has 0 bridgehead atoms. The van der Waals surface area contributed by atoms with Crippen LogP contribution in [0, 0.1) is 11.3 Å². The first-order valence-corrected chi connectivity index (χ1v) is 7.92. The normalized spacial score (nSPS) is 27.5. The Morgan fingerprint density at radius 2 is 1.56 bits per heavy atom. The first kappa shape index (κ1) is 14.7. The van der Waals surface area contributed by atoms with E-state index in [0.29, 0.717) is 22.2 Å². The molecule has 0 amide bonds. The van der Waals surface area contributed by atoms with Gasteiger partial charge < -0.3 is 0 Å². The average Bonchev–Trinajstić information content (AvgIpc) is 2.23. The molecular formula is C15H30N2S. The minimum atomic E-state index is 0.354.